The van der Waals surface area contributed by atoms with Crippen LogP contribution in [0.3, 0.4) is 0 Å². The largest absolute Gasteiger partial charge is 0.316 e. The molecule has 0 aromatic heterocycles. The lowest BCUT2D eigenvalue weighted by molar-refractivity contribution is 0.447. The van der Waals surface area contributed by atoms with Crippen LogP contribution in [0.4, 0.5) is 0 Å². The highest BCUT2D eigenvalue weighted by Gasteiger charge is 2.41. The van der Waals surface area contributed by atoms with Gasteiger partial charge in [0.25, 0.3) is 0 Å². The summed E-state index contributed by atoms with van der Waals surface area (Å²) in [6, 6.07) is 6.84. The number of benzene rings is 1. The Balaban J connectivity index is 1.95. The summed E-state index contributed by atoms with van der Waals surface area (Å²) < 4.78 is 27.1. The molecule has 2 saturated heterocycles. The molecule has 1 aromatic carbocycles. The van der Waals surface area contributed by atoms with Crippen molar-refractivity contribution in [2.24, 2.45) is 11.8 Å². The predicted molar refractivity (Wildman–Crippen MR) is 74.5 cm³/mol. The van der Waals surface area contributed by atoms with E-state index in [1.165, 1.54) is 6.07 Å². The molecule has 0 amide bonds. The van der Waals surface area contributed by atoms with Gasteiger partial charge >= 0.3 is 0 Å². The van der Waals surface area contributed by atoms with E-state index in [0.29, 0.717) is 36.1 Å². The monoisotopic (exact) mass is 291 g/mol. The van der Waals surface area contributed by atoms with Crippen LogP contribution in [-0.4, -0.2) is 38.9 Å². The number of rotatable bonds is 2. The molecule has 0 saturated carbocycles. The van der Waals surface area contributed by atoms with Crippen LogP contribution in [0, 0.1) is 30.1 Å². The molecule has 0 spiro atoms. The van der Waals surface area contributed by atoms with Crippen LogP contribution in [0.5, 0.6) is 0 Å². The minimum atomic E-state index is -3.49. The maximum atomic E-state index is 12.8. The van der Waals surface area contributed by atoms with Gasteiger partial charge in [0.15, 0.2) is 0 Å². The first-order chi connectivity index (χ1) is 9.52. The van der Waals surface area contributed by atoms with E-state index in [-0.39, 0.29) is 4.90 Å². The summed E-state index contributed by atoms with van der Waals surface area (Å²) in [7, 11) is -3.49. The van der Waals surface area contributed by atoms with E-state index in [2.05, 4.69) is 5.32 Å². The zero-order valence-corrected chi connectivity index (χ0v) is 12.2. The number of sulfonamides is 1. The fourth-order valence-electron chi connectivity index (χ4n) is 3.10. The molecule has 5 nitrogen and oxygen atoms in total. The van der Waals surface area contributed by atoms with Crippen LogP contribution < -0.4 is 5.32 Å². The van der Waals surface area contributed by atoms with E-state index in [9.17, 15) is 8.42 Å². The molecule has 0 aliphatic carbocycles. The van der Waals surface area contributed by atoms with Crippen LogP contribution >= 0.6 is 0 Å². The number of aryl methyl sites for hydroxylation is 1. The van der Waals surface area contributed by atoms with Crippen LogP contribution in [-0.2, 0) is 10.0 Å². The van der Waals surface area contributed by atoms with Crippen molar-refractivity contribution in [2.45, 2.75) is 11.8 Å². The van der Waals surface area contributed by atoms with Crippen molar-refractivity contribution in [1.29, 1.82) is 5.26 Å². The zero-order valence-electron chi connectivity index (χ0n) is 11.3. The Labute approximate surface area is 119 Å². The smallest absolute Gasteiger partial charge is 0.243 e. The topological polar surface area (TPSA) is 73.2 Å². The maximum Gasteiger partial charge on any atom is 0.243 e. The Kier molecular flexibility index (Phi) is 3.28. The van der Waals surface area contributed by atoms with Crippen LogP contribution in [0.1, 0.15) is 11.1 Å². The lowest BCUT2D eigenvalue weighted by atomic mass is 10.0. The molecular formula is C14H17N3O2S. The predicted octanol–water partition coefficient (Wildman–Crippen LogP) is 0.707. The van der Waals surface area contributed by atoms with E-state index in [1.54, 1.807) is 23.4 Å². The average Bonchev–Trinajstić information content (AvgIpc) is 3.00. The maximum absolute atomic E-state index is 12.8. The molecule has 2 fully saturated rings. The van der Waals surface area contributed by atoms with E-state index in [1.807, 2.05) is 6.07 Å². The first kappa shape index (κ1) is 13.6. The second-order valence-electron chi connectivity index (χ2n) is 5.59. The number of fused-ring (bicyclic) bond motifs is 1. The van der Waals surface area contributed by atoms with Gasteiger partial charge in [0.2, 0.25) is 10.0 Å². The lowest BCUT2D eigenvalue weighted by Gasteiger charge is -2.19. The quantitative estimate of drug-likeness (QED) is 0.871. The Hall–Kier alpha value is -1.42. The molecule has 106 valence electrons. The summed E-state index contributed by atoms with van der Waals surface area (Å²) in [4.78, 5) is 0.268. The number of hydrogen-bond acceptors (Lipinski definition) is 4. The van der Waals surface area contributed by atoms with Crippen molar-refractivity contribution in [3.05, 3.63) is 29.3 Å². The Morgan fingerprint density at radius 2 is 1.95 bits per heavy atom. The standard InChI is InChI=1S/C14H17N3O2S/c1-10-2-3-11(5-15)4-14(10)20(18,19)17-8-12-6-16-7-13(12)9-17/h2-4,12-13,16H,6-9H2,1H3/t12-,13+. The van der Waals surface area contributed by atoms with E-state index >= 15 is 0 Å². The highest BCUT2D eigenvalue weighted by atomic mass is 32.2. The molecule has 1 aromatic rings. The average molecular weight is 291 g/mol. The third-order valence-corrected chi connectivity index (χ3v) is 6.26. The second kappa shape index (κ2) is 4.85. The van der Waals surface area contributed by atoms with Gasteiger partial charge in [-0.2, -0.15) is 9.57 Å². The molecule has 1 N–H and O–H groups in total. The van der Waals surface area contributed by atoms with Crippen LogP contribution in [0.25, 0.3) is 0 Å². The minimum Gasteiger partial charge on any atom is -0.316 e. The van der Waals surface area contributed by atoms with Crippen molar-refractivity contribution < 1.29 is 8.42 Å². The van der Waals surface area contributed by atoms with Gasteiger partial charge in [-0.25, -0.2) is 8.42 Å². The fraction of sp³-hybridized carbons (Fsp3) is 0.500. The SMILES string of the molecule is Cc1ccc(C#N)cc1S(=O)(=O)N1C[C@H]2CNC[C@H]2C1. The third kappa shape index (κ3) is 2.12. The molecule has 20 heavy (non-hydrogen) atoms. The summed E-state index contributed by atoms with van der Waals surface area (Å²) in [6.07, 6.45) is 0. The fourth-order valence-corrected chi connectivity index (χ4v) is 4.90. The van der Waals surface area contributed by atoms with Crippen LogP contribution in [0.2, 0.25) is 0 Å². The van der Waals surface area contributed by atoms with Gasteiger partial charge in [-0.15, -0.1) is 0 Å². The summed E-state index contributed by atoms with van der Waals surface area (Å²) in [5, 5.41) is 12.2. The molecule has 2 aliphatic rings. The highest BCUT2D eigenvalue weighted by Crippen LogP contribution is 2.31. The first-order valence-corrected chi connectivity index (χ1v) is 8.18. The molecule has 6 heteroatoms. The Morgan fingerprint density at radius 3 is 2.55 bits per heavy atom. The van der Waals surface area contributed by atoms with Crippen molar-refractivity contribution in [3.63, 3.8) is 0 Å². The van der Waals surface area contributed by atoms with Gasteiger partial charge in [0, 0.05) is 13.1 Å². The molecule has 2 aliphatic heterocycles. The zero-order chi connectivity index (χ0) is 14.3. The number of hydrogen-bond donors (Lipinski definition) is 1. The molecule has 3 rings (SSSR count). The highest BCUT2D eigenvalue weighted by molar-refractivity contribution is 7.89. The van der Waals surface area contributed by atoms with Crippen LogP contribution in [0.15, 0.2) is 23.1 Å². The Morgan fingerprint density at radius 1 is 1.30 bits per heavy atom. The lowest BCUT2D eigenvalue weighted by Crippen LogP contribution is -2.32. The van der Waals surface area contributed by atoms with E-state index < -0.39 is 10.0 Å². The molecule has 0 radical (unpaired) electrons. The normalized spacial score (nSPS) is 26.4. The second-order valence-corrected chi connectivity index (χ2v) is 7.50. The van der Waals surface area contributed by atoms with E-state index in [4.69, 9.17) is 5.26 Å². The molecule has 2 atom stereocenters. The first-order valence-electron chi connectivity index (χ1n) is 6.74. The number of nitrogens with zero attached hydrogens (tertiary/aromatic N) is 2. The van der Waals surface area contributed by atoms with Crippen molar-refractivity contribution in [1.82, 2.24) is 9.62 Å². The molecule has 0 bridgehead atoms. The summed E-state index contributed by atoms with van der Waals surface area (Å²) in [6.45, 7) is 4.72. The van der Waals surface area contributed by atoms with Gasteiger partial charge in [0.05, 0.1) is 16.5 Å². The van der Waals surface area contributed by atoms with Crippen molar-refractivity contribution >= 4 is 10.0 Å². The third-order valence-electron chi connectivity index (χ3n) is 4.29. The molecule has 0 unspecified atom stereocenters. The summed E-state index contributed by atoms with van der Waals surface area (Å²) >= 11 is 0. The Bertz CT molecular complexity index is 666. The van der Waals surface area contributed by atoms with Gasteiger partial charge < -0.3 is 5.32 Å². The van der Waals surface area contributed by atoms with Gasteiger partial charge in [-0.3, -0.25) is 0 Å². The summed E-state index contributed by atoms with van der Waals surface area (Å²) in [5.74, 6) is 0.841. The minimum absolute atomic E-state index is 0.268. The van der Waals surface area contributed by atoms with Crippen molar-refractivity contribution in [3.8, 4) is 6.07 Å². The van der Waals surface area contributed by atoms with Gasteiger partial charge in [0.1, 0.15) is 0 Å². The van der Waals surface area contributed by atoms with Gasteiger partial charge in [-0.05, 0) is 49.5 Å². The number of nitriles is 1. The van der Waals surface area contributed by atoms with E-state index in [0.717, 1.165) is 13.1 Å². The van der Waals surface area contributed by atoms with Crippen molar-refractivity contribution in [2.75, 3.05) is 26.2 Å². The molecule has 2 heterocycles. The van der Waals surface area contributed by atoms with Gasteiger partial charge in [-0.1, -0.05) is 6.07 Å². The number of nitrogens with one attached hydrogen (secondary N) is 1. The summed E-state index contributed by atoms with van der Waals surface area (Å²) in [5.41, 5.74) is 1.08. The molecular weight excluding hydrogens is 274 g/mol.